The summed E-state index contributed by atoms with van der Waals surface area (Å²) in [6.45, 7) is 2.64. The fourth-order valence-electron chi connectivity index (χ4n) is 3.20. The molecule has 1 atom stereocenters. The number of carbonyl (C=O) groups is 1. The van der Waals surface area contributed by atoms with Gasteiger partial charge in [0.1, 0.15) is 4.90 Å². The topological polar surface area (TPSA) is 102 Å². The Morgan fingerprint density at radius 1 is 1.30 bits per heavy atom. The molecule has 11 heteroatoms. The molecule has 3 rings (SSSR count). The van der Waals surface area contributed by atoms with E-state index in [1.807, 2.05) is 0 Å². The third-order valence-corrected chi connectivity index (χ3v) is 7.63. The van der Waals surface area contributed by atoms with Crippen LogP contribution in [-0.4, -0.2) is 51.3 Å². The maximum absolute atomic E-state index is 12.9. The van der Waals surface area contributed by atoms with Crippen LogP contribution in [0.3, 0.4) is 0 Å². The quantitative estimate of drug-likeness (QED) is 0.717. The number of sulfonamides is 1. The predicted molar refractivity (Wildman–Crippen MR) is 102 cm³/mol. The van der Waals surface area contributed by atoms with Crippen LogP contribution in [0.1, 0.15) is 24.2 Å². The number of halogens is 1. The van der Waals surface area contributed by atoms with E-state index in [2.05, 4.69) is 31.4 Å². The Bertz CT molecular complexity index is 932. The lowest BCUT2D eigenvalue weighted by atomic mass is 9.99. The minimum atomic E-state index is -3.66. The van der Waals surface area contributed by atoms with Crippen molar-refractivity contribution in [1.82, 2.24) is 29.2 Å². The van der Waals surface area contributed by atoms with Crippen LogP contribution >= 0.6 is 15.9 Å². The van der Waals surface area contributed by atoms with Crippen LogP contribution in [0.15, 0.2) is 21.8 Å². The molecule has 0 aliphatic carbocycles. The van der Waals surface area contributed by atoms with E-state index in [0.29, 0.717) is 31.6 Å². The SMILES string of the molecule is Cc1c(S(=O)(=O)N2CCC[C@H](C(=O)NCc3c(Br)cnn3C)C2)cnn1C. The van der Waals surface area contributed by atoms with Gasteiger partial charge in [-0.1, -0.05) is 0 Å². The van der Waals surface area contributed by atoms with Crippen molar-refractivity contribution in [2.75, 3.05) is 13.1 Å². The molecule has 1 aliphatic heterocycles. The van der Waals surface area contributed by atoms with E-state index in [1.54, 1.807) is 31.9 Å². The minimum Gasteiger partial charge on any atom is -0.350 e. The summed E-state index contributed by atoms with van der Waals surface area (Å²) in [5, 5.41) is 11.0. The molecule has 1 N–H and O–H groups in total. The fraction of sp³-hybridized carbons (Fsp3) is 0.562. The highest BCUT2D eigenvalue weighted by Gasteiger charge is 2.35. The molecule has 27 heavy (non-hydrogen) atoms. The number of carbonyl (C=O) groups excluding carboxylic acids is 1. The molecular formula is C16H23BrN6O3S. The second-order valence-electron chi connectivity index (χ2n) is 6.70. The normalized spacial score (nSPS) is 18.6. The van der Waals surface area contributed by atoms with E-state index in [9.17, 15) is 13.2 Å². The summed E-state index contributed by atoms with van der Waals surface area (Å²) in [4.78, 5) is 12.8. The number of amides is 1. The Balaban J connectivity index is 1.68. The van der Waals surface area contributed by atoms with Crippen LogP contribution in [0.2, 0.25) is 0 Å². The lowest BCUT2D eigenvalue weighted by molar-refractivity contribution is -0.126. The summed E-state index contributed by atoms with van der Waals surface area (Å²) >= 11 is 3.40. The second-order valence-corrected chi connectivity index (χ2v) is 9.46. The van der Waals surface area contributed by atoms with Crippen molar-refractivity contribution in [3.8, 4) is 0 Å². The van der Waals surface area contributed by atoms with Gasteiger partial charge in [-0.15, -0.1) is 0 Å². The number of hydrogen-bond acceptors (Lipinski definition) is 5. The molecule has 148 valence electrons. The largest absolute Gasteiger partial charge is 0.350 e. The number of aromatic nitrogens is 4. The first-order chi connectivity index (χ1) is 12.7. The van der Waals surface area contributed by atoms with Gasteiger partial charge in [-0.25, -0.2) is 8.42 Å². The highest BCUT2D eigenvalue weighted by molar-refractivity contribution is 9.10. The number of rotatable bonds is 5. The summed E-state index contributed by atoms with van der Waals surface area (Å²) in [6, 6.07) is 0. The van der Waals surface area contributed by atoms with Crippen LogP contribution in [0, 0.1) is 12.8 Å². The Labute approximate surface area is 166 Å². The zero-order valence-electron chi connectivity index (χ0n) is 15.5. The Hall–Kier alpha value is -1.72. The van der Waals surface area contributed by atoms with Crippen LogP contribution < -0.4 is 5.32 Å². The maximum Gasteiger partial charge on any atom is 0.246 e. The molecule has 0 radical (unpaired) electrons. The number of aryl methyl sites for hydroxylation is 2. The first kappa shape index (κ1) is 20.0. The van der Waals surface area contributed by atoms with E-state index in [4.69, 9.17) is 0 Å². The number of hydrogen-bond donors (Lipinski definition) is 1. The zero-order valence-corrected chi connectivity index (χ0v) is 17.9. The maximum atomic E-state index is 12.9. The summed E-state index contributed by atoms with van der Waals surface area (Å²) in [6.07, 6.45) is 4.35. The monoisotopic (exact) mass is 458 g/mol. The molecule has 1 amide bonds. The van der Waals surface area contributed by atoms with Crippen LogP contribution in [0.5, 0.6) is 0 Å². The molecule has 1 aliphatic rings. The minimum absolute atomic E-state index is 0.147. The Kier molecular flexibility index (Phi) is 5.73. The van der Waals surface area contributed by atoms with Gasteiger partial charge in [0, 0.05) is 27.2 Å². The lowest BCUT2D eigenvalue weighted by Gasteiger charge is -2.31. The van der Waals surface area contributed by atoms with Crippen molar-refractivity contribution in [3.05, 3.63) is 28.3 Å². The van der Waals surface area contributed by atoms with Gasteiger partial charge in [-0.3, -0.25) is 14.2 Å². The van der Waals surface area contributed by atoms with Crippen molar-refractivity contribution in [2.24, 2.45) is 20.0 Å². The summed E-state index contributed by atoms with van der Waals surface area (Å²) in [7, 11) is -0.153. The molecule has 3 heterocycles. The van der Waals surface area contributed by atoms with E-state index in [0.717, 1.165) is 10.2 Å². The van der Waals surface area contributed by atoms with Crippen molar-refractivity contribution in [2.45, 2.75) is 31.2 Å². The Morgan fingerprint density at radius 2 is 2.00 bits per heavy atom. The average Bonchev–Trinajstić information content (AvgIpc) is 3.15. The van der Waals surface area contributed by atoms with E-state index in [-0.39, 0.29) is 23.3 Å². The average molecular weight is 459 g/mol. The smallest absolute Gasteiger partial charge is 0.246 e. The first-order valence-electron chi connectivity index (χ1n) is 8.64. The molecule has 0 unspecified atom stereocenters. The highest BCUT2D eigenvalue weighted by Crippen LogP contribution is 2.25. The lowest BCUT2D eigenvalue weighted by Crippen LogP contribution is -2.45. The molecular weight excluding hydrogens is 436 g/mol. The second kappa shape index (κ2) is 7.72. The molecule has 0 aromatic carbocycles. The predicted octanol–water partition coefficient (Wildman–Crippen LogP) is 0.942. The fourth-order valence-corrected chi connectivity index (χ4v) is 5.39. The molecule has 0 saturated carbocycles. The van der Waals surface area contributed by atoms with E-state index >= 15 is 0 Å². The molecule has 1 saturated heterocycles. The van der Waals surface area contributed by atoms with Crippen molar-refractivity contribution in [1.29, 1.82) is 0 Å². The van der Waals surface area contributed by atoms with Gasteiger partial charge in [0.15, 0.2) is 0 Å². The molecule has 0 bridgehead atoms. The first-order valence-corrected chi connectivity index (χ1v) is 10.9. The third-order valence-electron chi connectivity index (χ3n) is 5.00. The number of piperidine rings is 1. The van der Waals surface area contributed by atoms with Gasteiger partial charge in [0.05, 0.1) is 40.7 Å². The molecule has 2 aromatic rings. The van der Waals surface area contributed by atoms with Crippen LogP contribution in [0.4, 0.5) is 0 Å². The zero-order chi connectivity index (χ0) is 19.8. The third kappa shape index (κ3) is 3.94. The molecule has 2 aromatic heterocycles. The van der Waals surface area contributed by atoms with Gasteiger partial charge >= 0.3 is 0 Å². The van der Waals surface area contributed by atoms with Gasteiger partial charge in [0.2, 0.25) is 15.9 Å². The van der Waals surface area contributed by atoms with Crippen LogP contribution in [0.25, 0.3) is 0 Å². The standard InChI is InChI=1S/C16H23BrN6O3S/c1-11-15(9-20-21(11)2)27(25,26)23-6-4-5-12(10-23)16(24)18-8-14-13(17)7-19-22(14)3/h7,9,12H,4-6,8,10H2,1-3H3,(H,18,24)/t12-/m0/s1. The van der Waals surface area contributed by atoms with Gasteiger partial charge in [-0.2, -0.15) is 14.5 Å². The summed E-state index contributed by atoms with van der Waals surface area (Å²) < 4.78 is 31.3. The highest BCUT2D eigenvalue weighted by atomic mass is 79.9. The van der Waals surface area contributed by atoms with Gasteiger partial charge < -0.3 is 5.32 Å². The van der Waals surface area contributed by atoms with Gasteiger partial charge in [-0.05, 0) is 35.7 Å². The summed E-state index contributed by atoms with van der Waals surface area (Å²) in [5.41, 5.74) is 1.44. The molecule has 0 spiro atoms. The van der Waals surface area contributed by atoms with E-state index < -0.39 is 10.0 Å². The van der Waals surface area contributed by atoms with Crippen molar-refractivity contribution < 1.29 is 13.2 Å². The van der Waals surface area contributed by atoms with Crippen molar-refractivity contribution in [3.63, 3.8) is 0 Å². The number of nitrogens with zero attached hydrogens (tertiary/aromatic N) is 5. The molecule has 9 nitrogen and oxygen atoms in total. The summed E-state index contributed by atoms with van der Waals surface area (Å²) in [5.74, 6) is -0.525. The van der Waals surface area contributed by atoms with Gasteiger partial charge in [0.25, 0.3) is 0 Å². The number of nitrogens with one attached hydrogen (secondary N) is 1. The van der Waals surface area contributed by atoms with Crippen LogP contribution in [-0.2, 0) is 35.5 Å². The Morgan fingerprint density at radius 3 is 2.59 bits per heavy atom. The van der Waals surface area contributed by atoms with Crippen molar-refractivity contribution >= 4 is 31.9 Å². The molecule has 1 fully saturated rings. The van der Waals surface area contributed by atoms with E-state index in [1.165, 1.54) is 15.2 Å².